The summed E-state index contributed by atoms with van der Waals surface area (Å²) >= 11 is 0. The molecule has 1 rings (SSSR count). The molecule has 0 saturated carbocycles. The Bertz CT molecular complexity index is 382. The summed E-state index contributed by atoms with van der Waals surface area (Å²) < 4.78 is 5.25. The van der Waals surface area contributed by atoms with Crippen LogP contribution in [0.4, 0.5) is 0 Å². The number of nitrogens with one attached hydrogen (secondary N) is 2. The number of aromatic nitrogens is 1. The molecule has 0 amide bonds. The zero-order valence-electron chi connectivity index (χ0n) is 11.9. The van der Waals surface area contributed by atoms with E-state index in [1.165, 1.54) is 0 Å². The second-order valence-electron chi connectivity index (χ2n) is 4.87. The van der Waals surface area contributed by atoms with Crippen molar-refractivity contribution in [2.45, 2.75) is 53.1 Å². The standard InChI is InChI=1S/C13H24N4O/c1-6-14-13(16-10(4)5)15-8-11-7-12(9(2)3)17-18-11/h7,9-10H,6,8H2,1-5H3,(H2,14,15,16). The summed E-state index contributed by atoms with van der Waals surface area (Å²) in [5.74, 6) is 1.98. The summed E-state index contributed by atoms with van der Waals surface area (Å²) in [6.45, 7) is 11.7. The molecule has 2 N–H and O–H groups in total. The highest BCUT2D eigenvalue weighted by atomic mass is 16.5. The Labute approximate surface area is 109 Å². The van der Waals surface area contributed by atoms with E-state index in [2.05, 4.69) is 48.5 Å². The quantitative estimate of drug-likeness (QED) is 0.623. The van der Waals surface area contributed by atoms with Crippen LogP contribution in [0.1, 0.15) is 52.0 Å². The molecule has 0 aliphatic heterocycles. The number of rotatable bonds is 5. The third-order valence-electron chi connectivity index (χ3n) is 2.33. The van der Waals surface area contributed by atoms with Crippen LogP contribution in [0.5, 0.6) is 0 Å². The van der Waals surface area contributed by atoms with Crippen LogP contribution in [0.2, 0.25) is 0 Å². The third kappa shape index (κ3) is 4.77. The van der Waals surface area contributed by atoms with Gasteiger partial charge in [0, 0.05) is 18.7 Å². The smallest absolute Gasteiger partial charge is 0.191 e. The van der Waals surface area contributed by atoms with Crippen molar-refractivity contribution in [2.24, 2.45) is 4.99 Å². The highest BCUT2D eigenvalue weighted by Gasteiger charge is 2.07. The van der Waals surface area contributed by atoms with Crippen LogP contribution >= 0.6 is 0 Å². The van der Waals surface area contributed by atoms with E-state index in [9.17, 15) is 0 Å². The molecule has 0 aliphatic rings. The van der Waals surface area contributed by atoms with Gasteiger partial charge in [0.1, 0.15) is 6.54 Å². The van der Waals surface area contributed by atoms with Crippen LogP contribution in [0.3, 0.4) is 0 Å². The van der Waals surface area contributed by atoms with Crippen molar-refractivity contribution in [1.82, 2.24) is 15.8 Å². The highest BCUT2D eigenvalue weighted by Crippen LogP contribution is 2.14. The minimum Gasteiger partial charge on any atom is -0.359 e. The summed E-state index contributed by atoms with van der Waals surface area (Å²) in [6, 6.07) is 2.32. The van der Waals surface area contributed by atoms with E-state index in [4.69, 9.17) is 4.52 Å². The van der Waals surface area contributed by atoms with Gasteiger partial charge >= 0.3 is 0 Å². The molecule has 0 spiro atoms. The highest BCUT2D eigenvalue weighted by molar-refractivity contribution is 5.79. The fourth-order valence-corrected chi connectivity index (χ4v) is 1.43. The molecule has 5 heteroatoms. The Morgan fingerprint density at radius 1 is 1.39 bits per heavy atom. The predicted molar refractivity (Wildman–Crippen MR) is 73.7 cm³/mol. The first-order valence-electron chi connectivity index (χ1n) is 6.53. The lowest BCUT2D eigenvalue weighted by molar-refractivity contribution is 0.376. The topological polar surface area (TPSA) is 62.5 Å². The molecule has 0 saturated heterocycles. The first-order chi connectivity index (χ1) is 8.52. The minimum absolute atomic E-state index is 0.351. The molecule has 1 heterocycles. The number of hydrogen-bond acceptors (Lipinski definition) is 3. The van der Waals surface area contributed by atoms with Crippen molar-refractivity contribution >= 4 is 5.96 Å². The lowest BCUT2D eigenvalue weighted by Crippen LogP contribution is -2.40. The molecular formula is C13H24N4O. The van der Waals surface area contributed by atoms with Gasteiger partial charge < -0.3 is 15.2 Å². The molecule has 5 nitrogen and oxygen atoms in total. The van der Waals surface area contributed by atoms with Gasteiger partial charge in [-0.05, 0) is 26.7 Å². The molecule has 18 heavy (non-hydrogen) atoms. The largest absolute Gasteiger partial charge is 0.359 e. The fraction of sp³-hybridized carbons (Fsp3) is 0.692. The van der Waals surface area contributed by atoms with Crippen LogP contribution < -0.4 is 10.6 Å². The van der Waals surface area contributed by atoms with E-state index in [1.54, 1.807) is 0 Å². The van der Waals surface area contributed by atoms with Crippen LogP contribution in [0.25, 0.3) is 0 Å². The maximum absolute atomic E-state index is 5.25. The van der Waals surface area contributed by atoms with Crippen LogP contribution in [0, 0.1) is 0 Å². The molecule has 0 bridgehead atoms. The van der Waals surface area contributed by atoms with E-state index in [-0.39, 0.29) is 0 Å². The van der Waals surface area contributed by atoms with Crippen molar-refractivity contribution in [1.29, 1.82) is 0 Å². The normalized spacial score (nSPS) is 12.3. The number of nitrogens with zero attached hydrogens (tertiary/aromatic N) is 2. The number of aliphatic imine (C=N–C) groups is 1. The van der Waals surface area contributed by atoms with E-state index in [1.807, 2.05) is 13.0 Å². The van der Waals surface area contributed by atoms with Gasteiger partial charge in [-0.15, -0.1) is 0 Å². The third-order valence-corrected chi connectivity index (χ3v) is 2.33. The zero-order valence-corrected chi connectivity index (χ0v) is 11.9. The summed E-state index contributed by atoms with van der Waals surface area (Å²) in [4.78, 5) is 4.46. The van der Waals surface area contributed by atoms with Gasteiger partial charge in [0.15, 0.2) is 11.7 Å². The molecule has 0 radical (unpaired) electrons. The molecular weight excluding hydrogens is 228 g/mol. The predicted octanol–water partition coefficient (Wildman–Crippen LogP) is 2.26. The van der Waals surface area contributed by atoms with Crippen molar-refractivity contribution in [3.63, 3.8) is 0 Å². The van der Waals surface area contributed by atoms with E-state index in [0.29, 0.717) is 18.5 Å². The van der Waals surface area contributed by atoms with Crippen LogP contribution in [0.15, 0.2) is 15.6 Å². The maximum Gasteiger partial charge on any atom is 0.191 e. The van der Waals surface area contributed by atoms with Gasteiger partial charge in [0.2, 0.25) is 0 Å². The minimum atomic E-state index is 0.351. The maximum atomic E-state index is 5.25. The van der Waals surface area contributed by atoms with Gasteiger partial charge in [-0.3, -0.25) is 0 Å². The molecule has 0 aromatic carbocycles. The van der Waals surface area contributed by atoms with E-state index < -0.39 is 0 Å². The lowest BCUT2D eigenvalue weighted by Gasteiger charge is -2.13. The molecule has 0 atom stereocenters. The molecule has 1 aromatic rings. The van der Waals surface area contributed by atoms with Gasteiger partial charge in [-0.1, -0.05) is 19.0 Å². The molecule has 0 aliphatic carbocycles. The first kappa shape index (κ1) is 14.5. The second kappa shape index (κ2) is 7.03. The monoisotopic (exact) mass is 252 g/mol. The van der Waals surface area contributed by atoms with E-state index in [0.717, 1.165) is 24.0 Å². The van der Waals surface area contributed by atoms with Crippen molar-refractivity contribution in [3.05, 3.63) is 17.5 Å². The molecule has 0 fully saturated rings. The van der Waals surface area contributed by atoms with Crippen molar-refractivity contribution < 1.29 is 4.52 Å². The Kier molecular flexibility index (Phi) is 5.68. The Morgan fingerprint density at radius 3 is 2.61 bits per heavy atom. The molecule has 1 aromatic heterocycles. The first-order valence-corrected chi connectivity index (χ1v) is 6.53. The van der Waals surface area contributed by atoms with Gasteiger partial charge in [-0.25, -0.2) is 4.99 Å². The van der Waals surface area contributed by atoms with Crippen LogP contribution in [-0.2, 0) is 6.54 Å². The Morgan fingerprint density at radius 2 is 2.11 bits per heavy atom. The zero-order chi connectivity index (χ0) is 13.5. The average Bonchev–Trinajstić information content (AvgIpc) is 2.74. The summed E-state index contributed by atoms with van der Waals surface area (Å²) in [5, 5.41) is 10.5. The van der Waals surface area contributed by atoms with Gasteiger partial charge in [0.05, 0.1) is 5.69 Å². The summed E-state index contributed by atoms with van der Waals surface area (Å²) in [7, 11) is 0. The van der Waals surface area contributed by atoms with Crippen LogP contribution in [-0.4, -0.2) is 23.7 Å². The fourth-order valence-electron chi connectivity index (χ4n) is 1.43. The van der Waals surface area contributed by atoms with E-state index >= 15 is 0 Å². The average molecular weight is 252 g/mol. The van der Waals surface area contributed by atoms with Crippen molar-refractivity contribution in [2.75, 3.05) is 6.54 Å². The number of guanidine groups is 1. The second-order valence-corrected chi connectivity index (χ2v) is 4.87. The van der Waals surface area contributed by atoms with Gasteiger partial charge in [0.25, 0.3) is 0 Å². The molecule has 0 unspecified atom stereocenters. The lowest BCUT2D eigenvalue weighted by atomic mass is 10.1. The summed E-state index contributed by atoms with van der Waals surface area (Å²) in [5.41, 5.74) is 0.974. The Balaban J connectivity index is 2.62. The Hall–Kier alpha value is -1.52. The summed E-state index contributed by atoms with van der Waals surface area (Å²) in [6.07, 6.45) is 0. The van der Waals surface area contributed by atoms with Gasteiger partial charge in [-0.2, -0.15) is 0 Å². The van der Waals surface area contributed by atoms with Crippen molar-refractivity contribution in [3.8, 4) is 0 Å². The number of hydrogen-bond donors (Lipinski definition) is 2. The SMILES string of the molecule is CCNC(=NCc1cc(C(C)C)no1)NC(C)C. The molecule has 102 valence electrons.